The fourth-order valence-electron chi connectivity index (χ4n) is 1.42. The summed E-state index contributed by atoms with van der Waals surface area (Å²) < 4.78 is 0. The first-order chi connectivity index (χ1) is 10.5. The number of para-hydroxylation sites is 1. The molecule has 0 unspecified atom stereocenters. The molecule has 0 radical (unpaired) electrons. The predicted octanol–water partition coefficient (Wildman–Crippen LogP) is 1.76. The maximum atomic E-state index is 11.7. The summed E-state index contributed by atoms with van der Waals surface area (Å²) in [5.74, 6) is -0.524. The minimum atomic E-state index is -0.578. The molecule has 1 aromatic rings. The van der Waals surface area contributed by atoms with Crippen LogP contribution in [0.2, 0.25) is 0 Å². The fraction of sp³-hybridized carbons (Fsp3) is 0.267. The lowest BCUT2D eigenvalue weighted by atomic mass is 10.3. The molecule has 0 saturated carbocycles. The van der Waals surface area contributed by atoms with Crippen molar-refractivity contribution in [1.82, 2.24) is 10.6 Å². The largest absolute Gasteiger partial charge is 0.334 e. The van der Waals surface area contributed by atoms with Crippen LogP contribution in [0.3, 0.4) is 0 Å². The lowest BCUT2D eigenvalue weighted by Crippen LogP contribution is -2.43. The van der Waals surface area contributed by atoms with Gasteiger partial charge in [-0.05, 0) is 19.1 Å². The molecule has 0 aliphatic rings. The molecule has 6 nitrogen and oxygen atoms in total. The molecule has 22 heavy (non-hydrogen) atoms. The van der Waals surface area contributed by atoms with Gasteiger partial charge < -0.3 is 10.6 Å². The molecule has 1 atom stereocenters. The number of hydrogen-bond donors (Lipinski definition) is 3. The molecule has 0 saturated heterocycles. The third-order valence-corrected chi connectivity index (χ3v) is 3.68. The average Bonchev–Trinajstić information content (AvgIpc) is 2.51. The molecule has 1 rings (SSSR count). The van der Waals surface area contributed by atoms with Gasteiger partial charge in [0.1, 0.15) is 0 Å². The van der Waals surface area contributed by atoms with Gasteiger partial charge in [0.25, 0.3) is 0 Å². The summed E-state index contributed by atoms with van der Waals surface area (Å²) in [6.07, 6.45) is 1.51. The number of thioether (sulfide) groups is 1. The number of carbonyl (C=O) groups is 3. The van der Waals surface area contributed by atoms with Gasteiger partial charge in [-0.25, -0.2) is 4.79 Å². The second-order valence-electron chi connectivity index (χ2n) is 4.36. The lowest BCUT2D eigenvalue weighted by Gasteiger charge is -2.11. The van der Waals surface area contributed by atoms with Crippen LogP contribution in [0.25, 0.3) is 0 Å². The molecule has 118 valence electrons. The van der Waals surface area contributed by atoms with Crippen molar-refractivity contribution in [2.24, 2.45) is 0 Å². The van der Waals surface area contributed by atoms with E-state index in [2.05, 4.69) is 22.5 Å². The molecule has 0 aliphatic carbocycles. The summed E-state index contributed by atoms with van der Waals surface area (Å²) in [7, 11) is 0. The van der Waals surface area contributed by atoms with Crippen LogP contribution in [0.5, 0.6) is 0 Å². The Morgan fingerprint density at radius 3 is 2.59 bits per heavy atom. The third kappa shape index (κ3) is 6.94. The minimum absolute atomic E-state index is 0.123. The number of carbonyl (C=O) groups excluding carboxylic acids is 3. The first-order valence-corrected chi connectivity index (χ1v) is 7.74. The number of amides is 4. The van der Waals surface area contributed by atoms with Crippen molar-refractivity contribution in [3.05, 3.63) is 43.0 Å². The van der Waals surface area contributed by atoms with Gasteiger partial charge in [-0.1, -0.05) is 24.3 Å². The quantitative estimate of drug-likeness (QED) is 0.668. The maximum absolute atomic E-state index is 11.7. The van der Waals surface area contributed by atoms with E-state index in [0.717, 1.165) is 11.8 Å². The Labute approximate surface area is 133 Å². The van der Waals surface area contributed by atoms with Crippen molar-refractivity contribution < 1.29 is 14.4 Å². The van der Waals surface area contributed by atoms with Crippen molar-refractivity contribution in [1.29, 1.82) is 0 Å². The second kappa shape index (κ2) is 9.62. The number of imide groups is 1. The average molecular weight is 321 g/mol. The van der Waals surface area contributed by atoms with Gasteiger partial charge >= 0.3 is 6.03 Å². The molecule has 1 aromatic carbocycles. The Bertz CT molecular complexity index is 534. The van der Waals surface area contributed by atoms with E-state index >= 15 is 0 Å². The zero-order valence-corrected chi connectivity index (χ0v) is 13.1. The van der Waals surface area contributed by atoms with Crippen LogP contribution < -0.4 is 16.0 Å². The van der Waals surface area contributed by atoms with Crippen molar-refractivity contribution >= 4 is 35.3 Å². The van der Waals surface area contributed by atoms with E-state index in [9.17, 15) is 14.4 Å². The topological polar surface area (TPSA) is 87.3 Å². The van der Waals surface area contributed by atoms with E-state index in [1.54, 1.807) is 19.1 Å². The molecule has 0 aromatic heterocycles. The highest BCUT2D eigenvalue weighted by Gasteiger charge is 2.17. The summed E-state index contributed by atoms with van der Waals surface area (Å²) in [4.78, 5) is 34.8. The van der Waals surface area contributed by atoms with Gasteiger partial charge in [-0.2, -0.15) is 0 Å². The Morgan fingerprint density at radius 1 is 1.27 bits per heavy atom. The molecular formula is C15H19N3O3S. The van der Waals surface area contributed by atoms with Crippen molar-refractivity contribution in [2.45, 2.75) is 12.2 Å². The summed E-state index contributed by atoms with van der Waals surface area (Å²) >= 11 is 1.15. The molecule has 0 heterocycles. The van der Waals surface area contributed by atoms with Crippen LogP contribution in [-0.2, 0) is 9.59 Å². The van der Waals surface area contributed by atoms with E-state index in [1.165, 1.54) is 6.08 Å². The Hall–Kier alpha value is -2.28. The van der Waals surface area contributed by atoms with Gasteiger partial charge in [0.15, 0.2) is 0 Å². The number of urea groups is 1. The van der Waals surface area contributed by atoms with Crippen LogP contribution in [0.4, 0.5) is 10.5 Å². The Morgan fingerprint density at radius 2 is 1.95 bits per heavy atom. The van der Waals surface area contributed by atoms with Crippen molar-refractivity contribution in [3.8, 4) is 0 Å². The Balaban J connectivity index is 2.30. The predicted molar refractivity (Wildman–Crippen MR) is 88.7 cm³/mol. The van der Waals surface area contributed by atoms with Crippen molar-refractivity contribution in [3.63, 3.8) is 0 Å². The van der Waals surface area contributed by atoms with E-state index in [1.807, 2.05) is 18.2 Å². The highest BCUT2D eigenvalue weighted by Crippen LogP contribution is 2.12. The normalized spacial score (nSPS) is 11.1. The van der Waals surface area contributed by atoms with Gasteiger partial charge in [0, 0.05) is 12.2 Å². The Kier molecular flexibility index (Phi) is 7.77. The summed E-state index contributed by atoms with van der Waals surface area (Å²) in [5.41, 5.74) is 0.703. The fourth-order valence-corrected chi connectivity index (χ4v) is 2.10. The molecule has 4 amide bonds. The molecule has 0 spiro atoms. The minimum Gasteiger partial charge on any atom is -0.334 e. The zero-order valence-electron chi connectivity index (χ0n) is 12.3. The first kappa shape index (κ1) is 17.8. The van der Waals surface area contributed by atoms with Gasteiger partial charge in [-0.3, -0.25) is 14.9 Å². The summed E-state index contributed by atoms with van der Waals surface area (Å²) in [5, 5.41) is 6.84. The SMILES string of the molecule is C=CCNC(=O)NC(=O)[C@@H](C)SCC(=O)Nc1ccccc1. The lowest BCUT2D eigenvalue weighted by molar-refractivity contribution is -0.119. The van der Waals surface area contributed by atoms with E-state index in [0.29, 0.717) is 5.69 Å². The number of hydrogen-bond acceptors (Lipinski definition) is 4. The first-order valence-electron chi connectivity index (χ1n) is 6.69. The second-order valence-corrected chi connectivity index (χ2v) is 5.68. The van der Waals surface area contributed by atoms with Crippen LogP contribution >= 0.6 is 11.8 Å². The van der Waals surface area contributed by atoms with Crippen LogP contribution in [0.15, 0.2) is 43.0 Å². The molecule has 3 N–H and O–H groups in total. The number of benzene rings is 1. The highest BCUT2D eigenvalue weighted by atomic mass is 32.2. The van der Waals surface area contributed by atoms with Gasteiger partial charge in [-0.15, -0.1) is 18.3 Å². The molecule has 0 fully saturated rings. The van der Waals surface area contributed by atoms with Crippen molar-refractivity contribution in [2.75, 3.05) is 17.6 Å². The van der Waals surface area contributed by atoms with Gasteiger partial charge in [0.2, 0.25) is 11.8 Å². The third-order valence-electron chi connectivity index (χ3n) is 2.53. The van der Waals surface area contributed by atoms with Gasteiger partial charge in [0.05, 0.1) is 11.0 Å². The summed E-state index contributed by atoms with van der Waals surface area (Å²) in [6, 6.07) is 8.48. The molecule has 7 heteroatoms. The standard InChI is InChI=1S/C15H19N3O3S/c1-3-9-16-15(21)18-14(20)11(2)22-10-13(19)17-12-7-5-4-6-8-12/h3-8,11H,1,9-10H2,2H3,(H,17,19)(H2,16,18,20,21)/t11-/m1/s1. The summed E-state index contributed by atoms with van der Waals surface area (Å²) in [6.45, 7) is 5.37. The van der Waals surface area contributed by atoms with Crippen LogP contribution in [0.1, 0.15) is 6.92 Å². The number of rotatable bonds is 7. The van der Waals surface area contributed by atoms with Crippen LogP contribution in [-0.4, -0.2) is 35.4 Å². The van der Waals surface area contributed by atoms with E-state index in [-0.39, 0.29) is 18.2 Å². The monoisotopic (exact) mass is 321 g/mol. The number of nitrogens with one attached hydrogen (secondary N) is 3. The molecular weight excluding hydrogens is 302 g/mol. The maximum Gasteiger partial charge on any atom is 0.321 e. The van der Waals surface area contributed by atoms with E-state index in [4.69, 9.17) is 0 Å². The smallest absolute Gasteiger partial charge is 0.321 e. The molecule has 0 bridgehead atoms. The molecule has 0 aliphatic heterocycles. The van der Waals surface area contributed by atoms with Crippen LogP contribution in [0, 0.1) is 0 Å². The zero-order chi connectivity index (χ0) is 16.4. The number of anilines is 1. The van der Waals surface area contributed by atoms with E-state index < -0.39 is 17.2 Å². The highest BCUT2D eigenvalue weighted by molar-refractivity contribution is 8.01.